The average Bonchev–Trinajstić information content (AvgIpc) is 3.21. The summed E-state index contributed by atoms with van der Waals surface area (Å²) >= 11 is 0. The number of fused-ring (bicyclic) bond motifs is 1. The zero-order valence-corrected chi connectivity index (χ0v) is 14.5. The Balaban J connectivity index is 1.36. The van der Waals surface area contributed by atoms with Crippen LogP contribution in [0.4, 0.5) is 5.69 Å². The topological polar surface area (TPSA) is 108 Å². The molecule has 134 valence electrons. The third-order valence-corrected chi connectivity index (χ3v) is 4.60. The zero-order valence-electron chi connectivity index (χ0n) is 14.5. The lowest BCUT2D eigenvalue weighted by atomic mass is 10.1. The van der Waals surface area contributed by atoms with Crippen molar-refractivity contribution in [2.24, 2.45) is 5.92 Å². The molecule has 1 atom stereocenters. The van der Waals surface area contributed by atoms with E-state index in [4.69, 9.17) is 5.26 Å². The fourth-order valence-electron chi connectivity index (χ4n) is 3.12. The predicted octanol–water partition coefficient (Wildman–Crippen LogP) is 1.87. The molecule has 1 aromatic carbocycles. The first-order chi connectivity index (χ1) is 13.2. The molecule has 2 aromatic heterocycles. The minimum Gasteiger partial charge on any atom is -0.383 e. The quantitative estimate of drug-likeness (QED) is 0.757. The molecule has 0 saturated carbocycles. The van der Waals surface area contributed by atoms with E-state index >= 15 is 0 Å². The second kappa shape index (κ2) is 7.33. The third-order valence-electron chi connectivity index (χ3n) is 4.60. The van der Waals surface area contributed by atoms with Gasteiger partial charge < -0.3 is 10.2 Å². The lowest BCUT2D eigenvalue weighted by Gasteiger charge is -2.16. The maximum absolute atomic E-state index is 12.7. The van der Waals surface area contributed by atoms with Gasteiger partial charge in [0.2, 0.25) is 5.82 Å². The molecule has 8 heteroatoms. The van der Waals surface area contributed by atoms with E-state index < -0.39 is 0 Å². The fraction of sp³-hybridized carbons (Fsp3) is 0.263. The number of likely N-dealkylation sites (tertiary alicyclic amines) is 1. The molecule has 1 aliphatic heterocycles. The molecule has 3 aromatic rings. The maximum atomic E-state index is 12.7. The number of nitrogens with one attached hydrogen (secondary N) is 1. The largest absolute Gasteiger partial charge is 0.383 e. The van der Waals surface area contributed by atoms with Crippen LogP contribution in [-0.4, -0.2) is 50.6 Å². The summed E-state index contributed by atoms with van der Waals surface area (Å²) in [6.45, 7) is 2.05. The summed E-state index contributed by atoms with van der Waals surface area (Å²) in [6, 6.07) is 12.9. The first kappa shape index (κ1) is 16.8. The van der Waals surface area contributed by atoms with Crippen molar-refractivity contribution in [2.75, 3.05) is 25.0 Å². The van der Waals surface area contributed by atoms with Gasteiger partial charge in [-0.05, 0) is 36.6 Å². The molecule has 1 saturated heterocycles. The Hall–Kier alpha value is -3.60. The van der Waals surface area contributed by atoms with Crippen LogP contribution in [0.15, 0.2) is 42.6 Å². The molecule has 1 aliphatic rings. The minimum atomic E-state index is -0.184. The molecular weight excluding hydrogens is 342 g/mol. The van der Waals surface area contributed by atoms with Gasteiger partial charge in [0.25, 0.3) is 5.91 Å². The van der Waals surface area contributed by atoms with Gasteiger partial charge in [0.05, 0.1) is 17.4 Å². The molecule has 1 fully saturated rings. The van der Waals surface area contributed by atoms with E-state index in [1.807, 2.05) is 36.4 Å². The zero-order chi connectivity index (χ0) is 18.6. The highest BCUT2D eigenvalue weighted by Gasteiger charge is 2.28. The highest BCUT2D eigenvalue weighted by Crippen LogP contribution is 2.19. The Morgan fingerprint density at radius 3 is 2.85 bits per heavy atom. The van der Waals surface area contributed by atoms with E-state index in [9.17, 15) is 4.79 Å². The summed E-state index contributed by atoms with van der Waals surface area (Å²) < 4.78 is 0. The lowest BCUT2D eigenvalue weighted by Crippen LogP contribution is -2.31. The summed E-state index contributed by atoms with van der Waals surface area (Å²) in [5.41, 5.74) is 2.60. The standard InChI is InChI=1S/C19H17N7O/c20-9-14-5-6-15(11-22-14)21-10-13-7-8-26(12-13)19(27)18-23-16-3-1-2-4-17(16)24-25-18/h1-6,11,13,21H,7-8,10,12H2. The van der Waals surface area contributed by atoms with Crippen molar-refractivity contribution in [2.45, 2.75) is 6.42 Å². The van der Waals surface area contributed by atoms with E-state index in [0.717, 1.165) is 18.7 Å². The van der Waals surface area contributed by atoms with Gasteiger partial charge in [0, 0.05) is 19.6 Å². The van der Waals surface area contributed by atoms with Crippen LogP contribution in [-0.2, 0) is 0 Å². The molecular formula is C19H17N7O. The van der Waals surface area contributed by atoms with Crippen molar-refractivity contribution < 1.29 is 4.79 Å². The summed E-state index contributed by atoms with van der Waals surface area (Å²) in [5, 5.41) is 20.2. The van der Waals surface area contributed by atoms with Crippen LogP contribution in [0.25, 0.3) is 11.0 Å². The number of amides is 1. The van der Waals surface area contributed by atoms with Crippen molar-refractivity contribution >= 4 is 22.6 Å². The first-order valence-electron chi connectivity index (χ1n) is 8.72. The number of hydrogen-bond donors (Lipinski definition) is 1. The van der Waals surface area contributed by atoms with E-state index in [1.54, 1.807) is 17.2 Å². The Kier molecular flexibility index (Phi) is 4.58. The van der Waals surface area contributed by atoms with E-state index in [2.05, 4.69) is 25.5 Å². The molecule has 1 unspecified atom stereocenters. The molecule has 8 nitrogen and oxygen atoms in total. The maximum Gasteiger partial charge on any atom is 0.293 e. The number of anilines is 1. The number of rotatable bonds is 4. The van der Waals surface area contributed by atoms with Gasteiger partial charge in [-0.3, -0.25) is 4.79 Å². The molecule has 0 aliphatic carbocycles. The predicted molar refractivity (Wildman–Crippen MR) is 98.8 cm³/mol. The monoisotopic (exact) mass is 359 g/mol. The van der Waals surface area contributed by atoms with Crippen molar-refractivity contribution in [3.8, 4) is 6.07 Å². The molecule has 27 heavy (non-hydrogen) atoms. The van der Waals surface area contributed by atoms with Gasteiger partial charge >= 0.3 is 0 Å². The number of carbonyl (C=O) groups excluding carboxylic acids is 1. The number of para-hydroxylation sites is 1. The lowest BCUT2D eigenvalue weighted by molar-refractivity contribution is 0.0775. The normalized spacial score (nSPS) is 16.3. The van der Waals surface area contributed by atoms with Gasteiger partial charge in [-0.1, -0.05) is 12.1 Å². The second-order valence-corrected chi connectivity index (χ2v) is 6.45. The van der Waals surface area contributed by atoms with Crippen molar-refractivity contribution in [3.05, 3.63) is 54.1 Å². The Morgan fingerprint density at radius 1 is 1.22 bits per heavy atom. The van der Waals surface area contributed by atoms with Gasteiger partial charge in [-0.2, -0.15) is 5.26 Å². The van der Waals surface area contributed by atoms with Crippen LogP contribution in [0.3, 0.4) is 0 Å². The van der Waals surface area contributed by atoms with Gasteiger partial charge in [0.1, 0.15) is 17.3 Å². The number of nitrogens with zero attached hydrogens (tertiary/aromatic N) is 6. The van der Waals surface area contributed by atoms with Gasteiger partial charge in [0.15, 0.2) is 0 Å². The summed E-state index contributed by atoms with van der Waals surface area (Å²) in [4.78, 5) is 22.8. The highest BCUT2D eigenvalue weighted by atomic mass is 16.2. The number of benzene rings is 1. The molecule has 0 spiro atoms. The highest BCUT2D eigenvalue weighted by molar-refractivity contribution is 5.92. The van der Waals surface area contributed by atoms with Crippen molar-refractivity contribution in [3.63, 3.8) is 0 Å². The summed E-state index contributed by atoms with van der Waals surface area (Å²) in [7, 11) is 0. The van der Waals surface area contributed by atoms with Crippen LogP contribution in [0, 0.1) is 17.2 Å². The average molecular weight is 359 g/mol. The molecule has 0 bridgehead atoms. The molecule has 3 heterocycles. The van der Waals surface area contributed by atoms with E-state index in [0.29, 0.717) is 35.7 Å². The molecule has 4 rings (SSSR count). The number of aromatic nitrogens is 4. The molecule has 1 N–H and O–H groups in total. The second-order valence-electron chi connectivity index (χ2n) is 6.45. The van der Waals surface area contributed by atoms with Gasteiger partial charge in [-0.25, -0.2) is 9.97 Å². The fourth-order valence-corrected chi connectivity index (χ4v) is 3.12. The minimum absolute atomic E-state index is 0.138. The van der Waals surface area contributed by atoms with Crippen LogP contribution >= 0.6 is 0 Å². The SMILES string of the molecule is N#Cc1ccc(NCC2CCN(C(=O)c3nnc4ccccc4n3)C2)cn1. The summed E-state index contributed by atoms with van der Waals surface area (Å²) in [5.74, 6) is 0.285. The van der Waals surface area contributed by atoms with Crippen molar-refractivity contribution in [1.82, 2.24) is 25.1 Å². The molecule has 1 amide bonds. The smallest absolute Gasteiger partial charge is 0.293 e. The van der Waals surface area contributed by atoms with Crippen LogP contribution in [0.2, 0.25) is 0 Å². The van der Waals surface area contributed by atoms with Crippen LogP contribution in [0.1, 0.15) is 22.7 Å². The van der Waals surface area contributed by atoms with Crippen LogP contribution in [0.5, 0.6) is 0 Å². The number of carbonyl (C=O) groups is 1. The number of nitriles is 1. The van der Waals surface area contributed by atoms with E-state index in [1.165, 1.54) is 0 Å². The Labute approximate surface area is 155 Å². The van der Waals surface area contributed by atoms with Crippen molar-refractivity contribution in [1.29, 1.82) is 5.26 Å². The van der Waals surface area contributed by atoms with Crippen LogP contribution < -0.4 is 5.32 Å². The molecule has 0 radical (unpaired) electrons. The third kappa shape index (κ3) is 3.67. The Bertz CT molecular complexity index is 1010. The number of hydrogen-bond acceptors (Lipinski definition) is 7. The first-order valence-corrected chi connectivity index (χ1v) is 8.72. The Morgan fingerprint density at radius 2 is 2.07 bits per heavy atom. The van der Waals surface area contributed by atoms with E-state index in [-0.39, 0.29) is 11.7 Å². The van der Waals surface area contributed by atoms with Gasteiger partial charge in [-0.15, -0.1) is 10.2 Å². The summed E-state index contributed by atoms with van der Waals surface area (Å²) in [6.07, 6.45) is 2.55. The number of pyridine rings is 1.